The highest BCUT2D eigenvalue weighted by Crippen LogP contribution is 2.49. The van der Waals surface area contributed by atoms with E-state index in [1.807, 2.05) is 95.3 Å². The van der Waals surface area contributed by atoms with Crippen LogP contribution >= 0.6 is 11.3 Å². The number of aromatic nitrogens is 1. The predicted octanol–water partition coefficient (Wildman–Crippen LogP) is 5.80. The van der Waals surface area contributed by atoms with Gasteiger partial charge in [-0.1, -0.05) is 80.9 Å². The zero-order valence-electron chi connectivity index (χ0n) is 41.8. The number of anilines is 2. The number of ether oxygens (including phenoxy) is 2. The van der Waals surface area contributed by atoms with Crippen molar-refractivity contribution in [3.8, 4) is 21.6 Å². The van der Waals surface area contributed by atoms with Gasteiger partial charge in [0, 0.05) is 49.8 Å². The van der Waals surface area contributed by atoms with E-state index in [1.165, 1.54) is 4.90 Å². The maximum Gasteiger partial charge on any atom is 0.250 e. The summed E-state index contributed by atoms with van der Waals surface area (Å²) in [4.78, 5) is 60.6. The molecule has 2 fully saturated rings. The summed E-state index contributed by atoms with van der Waals surface area (Å²) in [6.07, 6.45) is -0.280. The molecule has 0 radical (unpaired) electrons. The van der Waals surface area contributed by atoms with Gasteiger partial charge in [-0.2, -0.15) is 4.31 Å². The molecule has 6 atom stereocenters. The maximum absolute atomic E-state index is 14.0. The van der Waals surface area contributed by atoms with Crippen molar-refractivity contribution < 1.29 is 47.3 Å². The Morgan fingerprint density at radius 3 is 2.34 bits per heavy atom. The van der Waals surface area contributed by atoms with Gasteiger partial charge in [-0.15, -0.1) is 11.3 Å². The molecular formula is C54H65N7O10S2. The first-order valence-electron chi connectivity index (χ1n) is 24.6. The number of nitrogens with zero attached hydrogens (tertiary/aromatic N) is 3. The zero-order valence-corrected chi connectivity index (χ0v) is 43.4. The molecule has 73 heavy (non-hydrogen) atoms. The molecule has 3 aliphatic heterocycles. The molecule has 0 saturated carbocycles. The van der Waals surface area contributed by atoms with Crippen LogP contribution in [0.3, 0.4) is 0 Å². The van der Waals surface area contributed by atoms with Crippen LogP contribution in [0.15, 0.2) is 101 Å². The second-order valence-corrected chi connectivity index (χ2v) is 22.8. The summed E-state index contributed by atoms with van der Waals surface area (Å²) in [5.41, 5.74) is 8.67. The van der Waals surface area contributed by atoms with Gasteiger partial charge in [0.05, 0.1) is 65.6 Å². The van der Waals surface area contributed by atoms with Crippen LogP contribution in [0.2, 0.25) is 0 Å². The first-order valence-corrected chi connectivity index (χ1v) is 26.9. The van der Waals surface area contributed by atoms with Crippen molar-refractivity contribution in [2.24, 2.45) is 11.3 Å². The van der Waals surface area contributed by atoms with Gasteiger partial charge >= 0.3 is 0 Å². The van der Waals surface area contributed by atoms with Crippen LogP contribution in [0.25, 0.3) is 21.6 Å². The Morgan fingerprint density at radius 1 is 0.904 bits per heavy atom. The molecule has 1 aromatic heterocycles. The van der Waals surface area contributed by atoms with Crippen LogP contribution in [0.4, 0.5) is 11.4 Å². The molecular weight excluding hydrogens is 971 g/mol. The summed E-state index contributed by atoms with van der Waals surface area (Å²) in [6, 6.07) is 25.1. The monoisotopic (exact) mass is 1040 g/mol. The van der Waals surface area contributed by atoms with E-state index in [0.29, 0.717) is 18.7 Å². The smallest absolute Gasteiger partial charge is 0.250 e. The standard InChI is InChI=1S/C54H65N7O10S2/c1-33-9-16-41(17-10-33)73(68,69)61-21-19-42-45(30-62)58-44-18-15-38(26-43(44)49(42)61)37-7-6-8-39(25-37)57-48(65)31-71-24-23-70-22-20-47(64)59-51(54(3,4)5)53(67)60-29-40(63)27-46(60)52(66)55-28-35-11-13-36(14-12-35)50-34(2)56-32-72-50/h6-18,25-26,32,40,42,45-46,49,51,58,62-63H,19-24,27-31H2,1-5H3,(H,55,66)(H,57,65)(H,59,64)/t40-,42-,45+,46+,49-,51-/m1/s1. The van der Waals surface area contributed by atoms with Gasteiger partial charge in [-0.05, 0) is 89.9 Å². The minimum Gasteiger partial charge on any atom is -0.394 e. The van der Waals surface area contributed by atoms with Crippen LogP contribution < -0.4 is 21.3 Å². The lowest BCUT2D eigenvalue weighted by Gasteiger charge is -2.39. The lowest BCUT2D eigenvalue weighted by molar-refractivity contribution is -0.144. The van der Waals surface area contributed by atoms with Gasteiger partial charge in [0.2, 0.25) is 33.7 Å². The molecule has 17 nitrogen and oxygen atoms in total. The van der Waals surface area contributed by atoms with Crippen LogP contribution in [0.5, 0.6) is 0 Å². The van der Waals surface area contributed by atoms with Crippen molar-refractivity contribution in [1.82, 2.24) is 24.8 Å². The second-order valence-electron chi connectivity index (χ2n) is 20.0. The number of hydrogen-bond donors (Lipinski definition) is 6. The number of aliphatic hydroxyl groups is 2. The topological polar surface area (TPSA) is 229 Å². The number of likely N-dealkylation sites (tertiary alicyclic amines) is 1. The van der Waals surface area contributed by atoms with E-state index in [4.69, 9.17) is 9.47 Å². The molecule has 4 amide bonds. The summed E-state index contributed by atoms with van der Waals surface area (Å²) in [7, 11) is -3.83. The fraction of sp³-hybridized carbons (Fsp3) is 0.426. The third kappa shape index (κ3) is 12.5. The Labute approximate surface area is 430 Å². The van der Waals surface area contributed by atoms with E-state index in [-0.39, 0.29) is 87.6 Å². The van der Waals surface area contributed by atoms with E-state index < -0.39 is 51.5 Å². The molecule has 4 heterocycles. The fourth-order valence-corrected chi connectivity index (χ4v) is 12.3. The third-order valence-electron chi connectivity index (χ3n) is 13.7. The Hall–Kier alpha value is -6.06. The number of thiazole rings is 1. The molecule has 6 N–H and O–H groups in total. The van der Waals surface area contributed by atoms with Gasteiger partial charge in [0.15, 0.2) is 0 Å². The number of aliphatic hydroxyl groups excluding tert-OH is 2. The summed E-state index contributed by atoms with van der Waals surface area (Å²) >= 11 is 1.56. The van der Waals surface area contributed by atoms with Crippen LogP contribution in [-0.4, -0.2) is 127 Å². The first-order chi connectivity index (χ1) is 34.9. The summed E-state index contributed by atoms with van der Waals surface area (Å²) in [6.45, 7) is 9.68. The van der Waals surface area contributed by atoms with Crippen molar-refractivity contribution in [2.75, 3.05) is 56.8 Å². The van der Waals surface area contributed by atoms with Gasteiger partial charge in [0.1, 0.15) is 18.7 Å². The highest BCUT2D eigenvalue weighted by molar-refractivity contribution is 7.89. The number of fused-ring (bicyclic) bond motifs is 3. The number of β-amino-alcohol motifs (C(OH)–C–C–N with tert-alkyl or cyclic N) is 1. The van der Waals surface area contributed by atoms with Gasteiger partial charge in [-0.25, -0.2) is 13.4 Å². The lowest BCUT2D eigenvalue weighted by Crippen LogP contribution is -2.57. The lowest BCUT2D eigenvalue weighted by atomic mass is 9.82. The molecule has 388 valence electrons. The van der Waals surface area contributed by atoms with Crippen molar-refractivity contribution in [3.63, 3.8) is 0 Å². The molecule has 5 aromatic rings. The van der Waals surface area contributed by atoms with E-state index >= 15 is 0 Å². The Bertz CT molecular complexity index is 2890. The first kappa shape index (κ1) is 53.2. The minimum absolute atomic E-state index is 0.0280. The summed E-state index contributed by atoms with van der Waals surface area (Å²) < 4.78 is 40.8. The average molecular weight is 1040 g/mol. The molecule has 0 spiro atoms. The normalized spacial score (nSPS) is 20.2. The molecule has 0 bridgehead atoms. The van der Waals surface area contributed by atoms with Gasteiger partial charge in [0.25, 0.3) is 0 Å². The van der Waals surface area contributed by atoms with E-state index in [2.05, 4.69) is 26.3 Å². The molecule has 8 rings (SSSR count). The van der Waals surface area contributed by atoms with Gasteiger partial charge < -0.3 is 45.9 Å². The third-order valence-corrected chi connectivity index (χ3v) is 16.6. The Kier molecular flexibility index (Phi) is 16.8. The number of sulfonamides is 1. The number of amides is 4. The number of rotatable bonds is 19. The quantitative estimate of drug-likeness (QED) is 0.0540. The van der Waals surface area contributed by atoms with Crippen molar-refractivity contribution in [1.29, 1.82) is 0 Å². The molecule has 3 aliphatic rings. The van der Waals surface area contributed by atoms with Crippen molar-refractivity contribution in [2.45, 2.75) is 95.6 Å². The fourth-order valence-electron chi connectivity index (χ4n) is 9.85. The molecule has 19 heteroatoms. The second kappa shape index (κ2) is 23.0. The van der Waals surface area contributed by atoms with Crippen LogP contribution in [-0.2, 0) is 45.2 Å². The van der Waals surface area contributed by atoms with E-state index in [9.17, 15) is 37.8 Å². The molecule has 2 saturated heterocycles. The maximum atomic E-state index is 14.0. The summed E-state index contributed by atoms with van der Waals surface area (Å²) in [5, 5.41) is 32.9. The molecule has 0 unspecified atom stereocenters. The van der Waals surface area contributed by atoms with Crippen molar-refractivity contribution in [3.05, 3.63) is 119 Å². The van der Waals surface area contributed by atoms with Gasteiger partial charge in [-0.3, -0.25) is 19.2 Å². The number of nitrogens with one attached hydrogen (secondary N) is 4. The molecule has 4 aromatic carbocycles. The van der Waals surface area contributed by atoms with Crippen LogP contribution in [0, 0.1) is 25.2 Å². The van der Waals surface area contributed by atoms with E-state index in [1.54, 1.807) is 51.5 Å². The summed E-state index contributed by atoms with van der Waals surface area (Å²) in [5.74, 6) is -1.80. The Morgan fingerprint density at radius 2 is 1.63 bits per heavy atom. The van der Waals surface area contributed by atoms with Crippen LogP contribution in [0.1, 0.15) is 68.5 Å². The number of benzene rings is 4. The number of hydrogen-bond acceptors (Lipinski definition) is 13. The molecule has 0 aliphatic carbocycles. The van der Waals surface area contributed by atoms with E-state index in [0.717, 1.165) is 49.6 Å². The number of carbonyl (C=O) groups is 4. The number of aryl methyl sites for hydroxylation is 2. The largest absolute Gasteiger partial charge is 0.394 e. The SMILES string of the molecule is Cc1ccc(S(=O)(=O)N2CC[C@@H]3[C@H](CO)Nc4ccc(-c5cccc(NC(=O)COCCOCCC(=O)N[C@H](C(=O)N6C[C@H](O)C[C@H]6C(=O)NCc6ccc(-c7scnc7C)cc6)C(C)(C)C)c5)cc4[C@@H]32)cc1. The predicted molar refractivity (Wildman–Crippen MR) is 279 cm³/mol. The Balaban J connectivity index is 0.780. The highest BCUT2D eigenvalue weighted by Gasteiger charge is 2.49. The average Bonchev–Trinajstić information content (AvgIpc) is 4.13. The highest BCUT2D eigenvalue weighted by atomic mass is 32.2. The zero-order chi connectivity index (χ0) is 52.0. The van der Waals surface area contributed by atoms with Crippen molar-refractivity contribution >= 4 is 56.4 Å². The minimum atomic E-state index is -3.83. The number of carbonyl (C=O) groups excluding carboxylic acids is 4.